The highest BCUT2D eigenvalue weighted by molar-refractivity contribution is 5.81. The van der Waals surface area contributed by atoms with Crippen molar-refractivity contribution in [3.63, 3.8) is 0 Å². The SMILES string of the molecule is C[C@H]1[C@H](OC(=O)CCC(=O)N[C@H](C)c2ccccc2)O[C@@H]2O[C@@]3(C)CC[C@H]4[C@H](C)CC[C@@H]1[C@@]24OO3. The summed E-state index contributed by atoms with van der Waals surface area (Å²) in [7, 11) is 0. The molecule has 8 heteroatoms. The summed E-state index contributed by atoms with van der Waals surface area (Å²) >= 11 is 0. The zero-order chi connectivity index (χ0) is 24.8. The fourth-order valence-corrected chi connectivity index (χ4v) is 6.55. The highest BCUT2D eigenvalue weighted by atomic mass is 17.3. The van der Waals surface area contributed by atoms with E-state index in [1.807, 2.05) is 51.1 Å². The van der Waals surface area contributed by atoms with Gasteiger partial charge in [-0.1, -0.05) is 44.2 Å². The third-order valence-corrected chi connectivity index (χ3v) is 8.58. The minimum absolute atomic E-state index is 0.0156. The largest absolute Gasteiger partial charge is 0.435 e. The van der Waals surface area contributed by atoms with Gasteiger partial charge in [-0.15, -0.1) is 0 Å². The van der Waals surface area contributed by atoms with Crippen molar-refractivity contribution >= 4 is 11.9 Å². The Morgan fingerprint density at radius 3 is 2.63 bits per heavy atom. The molecule has 1 N–H and O–H groups in total. The minimum atomic E-state index is -0.875. The van der Waals surface area contributed by atoms with E-state index in [4.69, 9.17) is 24.0 Å². The Bertz CT molecular complexity index is 941. The molecule has 1 amide bonds. The summed E-state index contributed by atoms with van der Waals surface area (Å²) in [5.41, 5.74) is 0.322. The van der Waals surface area contributed by atoms with Crippen molar-refractivity contribution in [1.29, 1.82) is 0 Å². The molecule has 0 unspecified atom stereocenters. The zero-order valence-electron chi connectivity index (χ0n) is 21.0. The van der Waals surface area contributed by atoms with Crippen molar-refractivity contribution in [3.05, 3.63) is 35.9 Å². The van der Waals surface area contributed by atoms with Crippen LogP contribution in [0, 0.1) is 23.7 Å². The lowest BCUT2D eigenvalue weighted by Gasteiger charge is -2.59. The second kappa shape index (κ2) is 9.47. The van der Waals surface area contributed by atoms with Crippen LogP contribution in [0.25, 0.3) is 0 Å². The molecule has 4 aliphatic heterocycles. The van der Waals surface area contributed by atoms with E-state index in [9.17, 15) is 9.59 Å². The summed E-state index contributed by atoms with van der Waals surface area (Å²) in [5, 5.41) is 2.93. The highest BCUT2D eigenvalue weighted by Crippen LogP contribution is 2.60. The molecule has 1 saturated carbocycles. The molecule has 192 valence electrons. The first kappa shape index (κ1) is 24.7. The van der Waals surface area contributed by atoms with Crippen LogP contribution in [0.4, 0.5) is 0 Å². The van der Waals surface area contributed by atoms with Gasteiger partial charge < -0.3 is 19.5 Å². The number of rotatable bonds is 6. The lowest BCUT2D eigenvalue weighted by molar-refractivity contribution is -0.576. The molecule has 9 atom stereocenters. The zero-order valence-corrected chi connectivity index (χ0v) is 21.0. The van der Waals surface area contributed by atoms with Gasteiger partial charge in [-0.3, -0.25) is 9.59 Å². The lowest BCUT2D eigenvalue weighted by atomic mass is 9.58. The van der Waals surface area contributed by atoms with Gasteiger partial charge in [0.25, 0.3) is 0 Å². The van der Waals surface area contributed by atoms with E-state index < -0.39 is 29.9 Å². The molecule has 6 rings (SSSR count). The predicted molar refractivity (Wildman–Crippen MR) is 125 cm³/mol. The first-order valence-electron chi connectivity index (χ1n) is 13.0. The van der Waals surface area contributed by atoms with Gasteiger partial charge in [0, 0.05) is 24.7 Å². The Morgan fingerprint density at radius 1 is 1.09 bits per heavy atom. The average Bonchev–Trinajstić information content (AvgIpc) is 3.07. The Balaban J connectivity index is 1.21. The number of nitrogens with one attached hydrogen (secondary N) is 1. The fourth-order valence-electron chi connectivity index (χ4n) is 6.55. The first-order chi connectivity index (χ1) is 16.7. The summed E-state index contributed by atoms with van der Waals surface area (Å²) in [6, 6.07) is 9.58. The first-order valence-corrected chi connectivity index (χ1v) is 13.0. The molecule has 5 aliphatic rings. The number of fused-ring (bicyclic) bond motifs is 2. The van der Waals surface area contributed by atoms with Crippen LogP contribution < -0.4 is 5.32 Å². The van der Waals surface area contributed by atoms with E-state index in [1.165, 1.54) is 0 Å². The van der Waals surface area contributed by atoms with Gasteiger partial charge >= 0.3 is 5.97 Å². The summed E-state index contributed by atoms with van der Waals surface area (Å²) in [4.78, 5) is 37.1. The maximum atomic E-state index is 12.7. The van der Waals surface area contributed by atoms with Crippen LogP contribution in [0.15, 0.2) is 30.3 Å². The molecular formula is C27H37NO7. The van der Waals surface area contributed by atoms with Gasteiger partial charge in [-0.05, 0) is 50.5 Å². The van der Waals surface area contributed by atoms with E-state index >= 15 is 0 Å². The lowest BCUT2D eigenvalue weighted by Crippen LogP contribution is -2.70. The normalized spacial score (nSPS) is 40.8. The van der Waals surface area contributed by atoms with E-state index in [1.54, 1.807) is 0 Å². The van der Waals surface area contributed by atoms with Crippen molar-refractivity contribution in [1.82, 2.24) is 5.32 Å². The van der Waals surface area contributed by atoms with Crippen LogP contribution in [0.1, 0.15) is 77.8 Å². The topological polar surface area (TPSA) is 92.3 Å². The highest BCUT2D eigenvalue weighted by Gasteiger charge is 2.69. The van der Waals surface area contributed by atoms with Crippen molar-refractivity contribution in [3.8, 4) is 0 Å². The van der Waals surface area contributed by atoms with Gasteiger partial charge in [0.1, 0.15) is 0 Å². The molecule has 4 saturated heterocycles. The molecule has 5 fully saturated rings. The second-order valence-electron chi connectivity index (χ2n) is 11.0. The maximum absolute atomic E-state index is 12.7. The van der Waals surface area contributed by atoms with Gasteiger partial charge in [-0.25, -0.2) is 9.78 Å². The number of carbonyl (C=O) groups excluding carboxylic acids is 2. The molecular weight excluding hydrogens is 450 g/mol. The van der Waals surface area contributed by atoms with Crippen molar-refractivity contribution in [2.45, 2.75) is 96.2 Å². The molecule has 1 aliphatic carbocycles. The molecule has 1 spiro atoms. The van der Waals surface area contributed by atoms with Gasteiger partial charge in [0.15, 0.2) is 11.9 Å². The van der Waals surface area contributed by atoms with Gasteiger partial charge in [0.05, 0.1) is 12.5 Å². The van der Waals surface area contributed by atoms with Crippen molar-refractivity contribution in [2.75, 3.05) is 0 Å². The summed E-state index contributed by atoms with van der Waals surface area (Å²) in [6.45, 7) is 8.09. The Labute approximate surface area is 206 Å². The quantitative estimate of drug-likeness (QED) is 0.470. The minimum Gasteiger partial charge on any atom is -0.435 e. The standard InChI is InChI=1S/C27H37NO7/c1-16-10-11-21-17(2)24(32-25-27(21)20(16)14-15-26(4,33-25)34-35-27)31-23(30)13-12-22(29)28-18(3)19-8-6-5-7-9-19/h5-9,16-18,20-21,24-25H,10-15H2,1-4H3,(H,28,29)/t16-,17-,18-,20+,21+,24-,25-,26-,27-/m1/s1. The van der Waals surface area contributed by atoms with Crippen LogP contribution in [-0.4, -0.2) is 35.8 Å². The van der Waals surface area contributed by atoms with Crippen LogP contribution in [0.3, 0.4) is 0 Å². The monoisotopic (exact) mass is 487 g/mol. The van der Waals surface area contributed by atoms with Crippen molar-refractivity contribution in [2.24, 2.45) is 23.7 Å². The third kappa shape index (κ3) is 4.50. The van der Waals surface area contributed by atoms with Crippen LogP contribution >= 0.6 is 0 Å². The number of hydrogen-bond donors (Lipinski definition) is 1. The molecule has 1 aromatic rings. The molecule has 35 heavy (non-hydrogen) atoms. The number of ether oxygens (including phenoxy) is 3. The van der Waals surface area contributed by atoms with E-state index in [0.717, 1.165) is 31.2 Å². The summed E-state index contributed by atoms with van der Waals surface area (Å²) in [5.74, 6) is -0.812. The Morgan fingerprint density at radius 2 is 1.86 bits per heavy atom. The molecule has 2 bridgehead atoms. The van der Waals surface area contributed by atoms with Gasteiger partial charge in [-0.2, -0.15) is 0 Å². The van der Waals surface area contributed by atoms with E-state index in [0.29, 0.717) is 5.92 Å². The van der Waals surface area contributed by atoms with E-state index in [-0.39, 0.29) is 42.5 Å². The fraction of sp³-hybridized carbons (Fsp3) is 0.704. The Kier molecular flexibility index (Phi) is 6.68. The maximum Gasteiger partial charge on any atom is 0.308 e. The molecule has 4 heterocycles. The molecule has 8 nitrogen and oxygen atoms in total. The number of carbonyl (C=O) groups is 2. The summed E-state index contributed by atoms with van der Waals surface area (Å²) < 4.78 is 18.4. The Hall–Kier alpha value is -2.00. The van der Waals surface area contributed by atoms with Crippen LogP contribution in [0.5, 0.6) is 0 Å². The smallest absolute Gasteiger partial charge is 0.308 e. The van der Waals surface area contributed by atoms with E-state index in [2.05, 4.69) is 12.2 Å². The second-order valence-corrected chi connectivity index (χ2v) is 11.0. The predicted octanol–water partition coefficient (Wildman–Crippen LogP) is 4.40. The van der Waals surface area contributed by atoms with Crippen molar-refractivity contribution < 1.29 is 33.6 Å². The third-order valence-electron chi connectivity index (χ3n) is 8.58. The van der Waals surface area contributed by atoms with Crippen LogP contribution in [-0.2, 0) is 33.6 Å². The molecule has 0 aromatic heterocycles. The van der Waals surface area contributed by atoms with Gasteiger partial charge in [0.2, 0.25) is 18.0 Å². The molecule has 0 radical (unpaired) electrons. The number of hydrogen-bond acceptors (Lipinski definition) is 7. The average molecular weight is 488 g/mol. The molecule has 1 aromatic carbocycles. The number of benzene rings is 1. The summed E-state index contributed by atoms with van der Waals surface area (Å²) in [6.07, 6.45) is 2.30. The number of amides is 1. The van der Waals surface area contributed by atoms with Crippen LogP contribution in [0.2, 0.25) is 0 Å². The number of esters is 1.